The van der Waals surface area contributed by atoms with Gasteiger partial charge in [-0.15, -0.1) is 0 Å². The summed E-state index contributed by atoms with van der Waals surface area (Å²) >= 11 is 0. The molecule has 29 heavy (non-hydrogen) atoms. The molecule has 4 nitrogen and oxygen atoms in total. The van der Waals surface area contributed by atoms with Crippen LogP contribution >= 0.6 is 0 Å². The summed E-state index contributed by atoms with van der Waals surface area (Å²) in [5, 5.41) is 7.92. The van der Waals surface area contributed by atoms with E-state index in [2.05, 4.69) is 35.1 Å². The van der Waals surface area contributed by atoms with Crippen LogP contribution < -0.4 is 15.4 Å². The van der Waals surface area contributed by atoms with Crippen molar-refractivity contribution in [3.05, 3.63) is 71.4 Å². The molecule has 1 aromatic heterocycles. The molecule has 1 aliphatic rings. The van der Waals surface area contributed by atoms with Crippen molar-refractivity contribution in [2.75, 3.05) is 0 Å². The van der Waals surface area contributed by atoms with E-state index in [-0.39, 0.29) is 17.6 Å². The predicted molar refractivity (Wildman–Crippen MR) is 116 cm³/mol. The molecule has 5 heteroatoms. The molecule has 152 valence electrons. The number of benzene rings is 2. The molecule has 0 bridgehead atoms. The third-order valence-corrected chi connectivity index (χ3v) is 5.79. The van der Waals surface area contributed by atoms with Crippen LogP contribution in [0, 0.1) is 12.7 Å². The van der Waals surface area contributed by atoms with Gasteiger partial charge < -0.3 is 19.9 Å². The van der Waals surface area contributed by atoms with Crippen LogP contribution in [0.3, 0.4) is 0 Å². The van der Waals surface area contributed by atoms with Crippen molar-refractivity contribution in [1.29, 1.82) is 0 Å². The van der Waals surface area contributed by atoms with Gasteiger partial charge in [-0.2, -0.15) is 0 Å². The van der Waals surface area contributed by atoms with Gasteiger partial charge >= 0.3 is 0 Å². The number of ether oxygens (including phenoxy) is 1. The molecule has 0 amide bonds. The Kier molecular flexibility index (Phi) is 5.22. The van der Waals surface area contributed by atoms with Crippen LogP contribution in [-0.2, 0) is 7.05 Å². The van der Waals surface area contributed by atoms with Crippen molar-refractivity contribution in [3.8, 4) is 11.5 Å². The molecule has 0 aliphatic carbocycles. The van der Waals surface area contributed by atoms with E-state index in [9.17, 15) is 4.39 Å². The zero-order valence-electron chi connectivity index (χ0n) is 17.4. The number of nitrogens with one attached hydrogen (secondary N) is 2. The molecule has 1 unspecified atom stereocenters. The third-order valence-electron chi connectivity index (χ3n) is 5.79. The topological polar surface area (TPSA) is 38.2 Å². The number of halogens is 1. The first-order valence-electron chi connectivity index (χ1n) is 10.2. The predicted octanol–water partition coefficient (Wildman–Crippen LogP) is 5.68. The van der Waals surface area contributed by atoms with E-state index in [1.165, 1.54) is 5.69 Å². The summed E-state index contributed by atoms with van der Waals surface area (Å²) < 4.78 is 22.7. The standard InChI is InChI=1S/C24H28FN3O/c1-5-19-13-20(14-26-19)27-16(3)17-6-9-24(22(25)12-17)29-21-7-8-23-18(11-21)10-15(2)28(23)4/h6-12,14,16,19,26-27H,5,13H2,1-4H3/t16?,19-/m0/s1. The van der Waals surface area contributed by atoms with Gasteiger partial charge in [0, 0.05) is 54.0 Å². The molecule has 4 rings (SSSR count). The number of aryl methyl sites for hydroxylation is 2. The molecular weight excluding hydrogens is 365 g/mol. The summed E-state index contributed by atoms with van der Waals surface area (Å²) in [4.78, 5) is 0. The van der Waals surface area contributed by atoms with E-state index in [1.807, 2.05) is 44.4 Å². The average molecular weight is 394 g/mol. The van der Waals surface area contributed by atoms with Gasteiger partial charge in [-0.25, -0.2) is 4.39 Å². The lowest BCUT2D eigenvalue weighted by Crippen LogP contribution is -2.20. The minimum atomic E-state index is -0.356. The van der Waals surface area contributed by atoms with Gasteiger partial charge in [0.15, 0.2) is 11.6 Å². The number of rotatable bonds is 6. The number of fused-ring (bicyclic) bond motifs is 1. The second-order valence-corrected chi connectivity index (χ2v) is 7.87. The summed E-state index contributed by atoms with van der Waals surface area (Å²) in [6.45, 7) is 6.28. The molecule has 2 atom stereocenters. The fraction of sp³-hybridized carbons (Fsp3) is 0.333. The van der Waals surface area contributed by atoms with Crippen molar-refractivity contribution < 1.29 is 9.13 Å². The second kappa shape index (κ2) is 7.82. The van der Waals surface area contributed by atoms with Gasteiger partial charge in [0.25, 0.3) is 0 Å². The lowest BCUT2D eigenvalue weighted by atomic mass is 10.1. The van der Waals surface area contributed by atoms with Crippen LogP contribution in [0.15, 0.2) is 54.4 Å². The smallest absolute Gasteiger partial charge is 0.166 e. The molecule has 0 fully saturated rings. The van der Waals surface area contributed by atoms with Crippen molar-refractivity contribution >= 4 is 10.9 Å². The first kappa shape index (κ1) is 19.4. The Morgan fingerprint density at radius 2 is 2.07 bits per heavy atom. The first-order valence-corrected chi connectivity index (χ1v) is 10.2. The van der Waals surface area contributed by atoms with Crippen LogP contribution in [-0.4, -0.2) is 10.6 Å². The van der Waals surface area contributed by atoms with Gasteiger partial charge in [0.2, 0.25) is 0 Å². The van der Waals surface area contributed by atoms with E-state index in [1.54, 1.807) is 12.1 Å². The quantitative estimate of drug-likeness (QED) is 0.566. The fourth-order valence-corrected chi connectivity index (χ4v) is 3.85. The summed E-state index contributed by atoms with van der Waals surface area (Å²) in [5.74, 6) is 0.514. The summed E-state index contributed by atoms with van der Waals surface area (Å²) in [7, 11) is 2.03. The van der Waals surface area contributed by atoms with Crippen molar-refractivity contribution in [1.82, 2.24) is 15.2 Å². The zero-order valence-corrected chi connectivity index (χ0v) is 17.4. The molecular formula is C24H28FN3O. The van der Waals surface area contributed by atoms with E-state index in [0.717, 1.165) is 35.0 Å². The Morgan fingerprint density at radius 3 is 2.79 bits per heavy atom. The fourth-order valence-electron chi connectivity index (χ4n) is 3.85. The minimum absolute atomic E-state index is 0.0193. The molecule has 0 saturated carbocycles. The van der Waals surface area contributed by atoms with Gasteiger partial charge in [0.1, 0.15) is 5.75 Å². The van der Waals surface area contributed by atoms with Gasteiger partial charge in [-0.3, -0.25) is 0 Å². The molecule has 3 aromatic rings. The highest BCUT2D eigenvalue weighted by Crippen LogP contribution is 2.30. The molecule has 2 N–H and O–H groups in total. The Morgan fingerprint density at radius 1 is 1.24 bits per heavy atom. The van der Waals surface area contributed by atoms with Crippen LogP contribution in [0.2, 0.25) is 0 Å². The molecule has 1 aliphatic heterocycles. The van der Waals surface area contributed by atoms with E-state index < -0.39 is 0 Å². The summed E-state index contributed by atoms with van der Waals surface area (Å²) in [6, 6.07) is 13.6. The summed E-state index contributed by atoms with van der Waals surface area (Å²) in [5.41, 5.74) is 4.36. The summed E-state index contributed by atoms with van der Waals surface area (Å²) in [6.07, 6.45) is 4.09. The van der Waals surface area contributed by atoms with Crippen LogP contribution in [0.4, 0.5) is 4.39 Å². The largest absolute Gasteiger partial charge is 0.454 e. The van der Waals surface area contributed by atoms with Crippen molar-refractivity contribution in [3.63, 3.8) is 0 Å². The highest BCUT2D eigenvalue weighted by molar-refractivity contribution is 5.82. The first-order chi connectivity index (χ1) is 13.9. The monoisotopic (exact) mass is 393 g/mol. The maximum absolute atomic E-state index is 14.7. The normalized spacial score (nSPS) is 17.1. The van der Waals surface area contributed by atoms with Gasteiger partial charge in [0.05, 0.1) is 0 Å². The van der Waals surface area contributed by atoms with Gasteiger partial charge in [-0.1, -0.05) is 13.0 Å². The molecule has 0 radical (unpaired) electrons. The van der Waals surface area contributed by atoms with Crippen LogP contribution in [0.1, 0.15) is 44.0 Å². The lowest BCUT2D eigenvalue weighted by Gasteiger charge is -2.17. The molecule has 2 heterocycles. The Bertz CT molecular complexity index is 1070. The van der Waals surface area contributed by atoms with Crippen molar-refractivity contribution in [2.24, 2.45) is 7.05 Å². The Hall–Kier alpha value is -2.95. The number of aromatic nitrogens is 1. The van der Waals surface area contributed by atoms with Crippen molar-refractivity contribution in [2.45, 2.75) is 45.7 Å². The Balaban J connectivity index is 1.47. The van der Waals surface area contributed by atoms with Gasteiger partial charge in [-0.05, 0) is 62.2 Å². The lowest BCUT2D eigenvalue weighted by molar-refractivity contribution is 0.441. The second-order valence-electron chi connectivity index (χ2n) is 7.87. The minimum Gasteiger partial charge on any atom is -0.454 e. The highest BCUT2D eigenvalue weighted by atomic mass is 19.1. The molecule has 0 spiro atoms. The maximum Gasteiger partial charge on any atom is 0.166 e. The maximum atomic E-state index is 14.7. The van der Waals surface area contributed by atoms with Crippen LogP contribution in [0.25, 0.3) is 10.9 Å². The van der Waals surface area contributed by atoms with Crippen LogP contribution in [0.5, 0.6) is 11.5 Å². The number of hydrogen-bond donors (Lipinski definition) is 2. The number of hydrogen-bond acceptors (Lipinski definition) is 3. The average Bonchev–Trinajstić information content (AvgIpc) is 3.27. The van der Waals surface area contributed by atoms with E-state index in [0.29, 0.717) is 11.8 Å². The SMILES string of the molecule is CC[C@H]1CC(NC(C)c2ccc(Oc3ccc4c(c3)cc(C)n4C)c(F)c2)=CN1. The Labute approximate surface area is 171 Å². The van der Waals surface area contributed by atoms with E-state index >= 15 is 0 Å². The zero-order chi connectivity index (χ0) is 20.5. The van der Waals surface area contributed by atoms with E-state index in [4.69, 9.17) is 4.74 Å². The molecule has 2 aromatic carbocycles. The third kappa shape index (κ3) is 3.95. The highest BCUT2D eigenvalue weighted by Gasteiger charge is 2.17. The number of nitrogens with zero attached hydrogens (tertiary/aromatic N) is 1. The molecule has 0 saturated heterocycles.